The molecule has 0 spiro atoms. The molecule has 2 aromatic rings. The third-order valence-electron chi connectivity index (χ3n) is 4.93. The Morgan fingerprint density at radius 1 is 1.28 bits per heavy atom. The number of anilines is 1. The Kier molecular flexibility index (Phi) is 6.86. The zero-order chi connectivity index (χ0) is 23.6. The van der Waals surface area contributed by atoms with Gasteiger partial charge >= 0.3 is 6.09 Å². The van der Waals surface area contributed by atoms with Gasteiger partial charge in [-0.15, -0.1) is 0 Å². The molecule has 0 aromatic carbocycles. The Hall–Kier alpha value is -2.96. The highest BCUT2D eigenvalue weighted by Gasteiger charge is 2.43. The molecule has 0 saturated carbocycles. The molecule has 0 unspecified atom stereocenters. The number of likely N-dealkylation sites (N-methyl/N-ethyl adjacent to an activating group) is 1. The normalized spacial score (nSPS) is 25.9. The van der Waals surface area contributed by atoms with Crippen LogP contribution in [0.5, 0.6) is 0 Å². The third-order valence-corrected chi connectivity index (χ3v) is 4.93. The second-order valence-corrected chi connectivity index (χ2v) is 8.78. The average Bonchev–Trinajstić information content (AvgIpc) is 3.17. The lowest BCUT2D eigenvalue weighted by molar-refractivity contribution is -0.172. The number of carbonyl (C=O) groups excluding carboxylic acids is 2. The van der Waals surface area contributed by atoms with Crippen LogP contribution in [0.4, 0.5) is 10.6 Å². The molecular weight excluding hydrogens is 420 g/mol. The van der Waals surface area contributed by atoms with Gasteiger partial charge in [0.2, 0.25) is 5.91 Å². The van der Waals surface area contributed by atoms with Crippen molar-refractivity contribution < 1.29 is 29.3 Å². The predicted molar refractivity (Wildman–Crippen MR) is 115 cm³/mol. The predicted octanol–water partition coefficient (Wildman–Crippen LogP) is 0.188. The van der Waals surface area contributed by atoms with Crippen molar-refractivity contribution in [1.82, 2.24) is 25.2 Å². The van der Waals surface area contributed by atoms with E-state index in [0.29, 0.717) is 11.3 Å². The maximum Gasteiger partial charge on any atom is 0.410 e. The molecule has 0 radical (unpaired) electrons. The van der Waals surface area contributed by atoms with Gasteiger partial charge in [0.1, 0.15) is 29.9 Å². The molecule has 3 rings (SSSR count). The Labute approximate surface area is 185 Å². The van der Waals surface area contributed by atoms with Crippen molar-refractivity contribution in [2.24, 2.45) is 0 Å². The number of nitrogens with zero attached hydrogens (tertiary/aromatic N) is 3. The lowest BCUT2D eigenvalue weighted by Crippen LogP contribution is -2.64. The summed E-state index contributed by atoms with van der Waals surface area (Å²) < 4.78 is 11.0. The van der Waals surface area contributed by atoms with Crippen molar-refractivity contribution in [3.63, 3.8) is 0 Å². The van der Waals surface area contributed by atoms with E-state index in [2.05, 4.69) is 25.6 Å². The third kappa shape index (κ3) is 5.44. The van der Waals surface area contributed by atoms with Crippen LogP contribution in [0, 0.1) is 0 Å². The zero-order valence-corrected chi connectivity index (χ0v) is 18.7. The fourth-order valence-electron chi connectivity index (χ4n) is 3.35. The van der Waals surface area contributed by atoms with Crippen LogP contribution < -0.4 is 10.6 Å². The molecule has 176 valence electrons. The van der Waals surface area contributed by atoms with Crippen molar-refractivity contribution in [2.45, 2.75) is 63.9 Å². The molecule has 1 fully saturated rings. The first-order valence-corrected chi connectivity index (χ1v) is 10.3. The molecule has 12 nitrogen and oxygen atoms in total. The molecule has 32 heavy (non-hydrogen) atoms. The summed E-state index contributed by atoms with van der Waals surface area (Å²) in [5, 5.41) is 26.8. The molecule has 5 N–H and O–H groups in total. The number of aromatic nitrogens is 3. The van der Waals surface area contributed by atoms with E-state index in [-0.39, 0.29) is 6.54 Å². The van der Waals surface area contributed by atoms with Gasteiger partial charge in [-0.25, -0.2) is 14.8 Å². The first-order valence-electron chi connectivity index (χ1n) is 10.3. The van der Waals surface area contributed by atoms with Crippen molar-refractivity contribution in [2.75, 3.05) is 18.9 Å². The van der Waals surface area contributed by atoms with Crippen LogP contribution in [0.2, 0.25) is 0 Å². The van der Waals surface area contributed by atoms with Gasteiger partial charge < -0.3 is 40.2 Å². The second kappa shape index (κ2) is 9.27. The number of H-pyrrole nitrogens is 1. The number of hydrogen-bond acceptors (Lipinski definition) is 9. The Morgan fingerprint density at radius 2 is 2.00 bits per heavy atom. The SMILES string of the molecule is C[C@@H]1O[C@H](Nc2nccc3[nH]cnc23)[C@H](O)[C@H](O)[C@H]1NC(=O)CN(C)C(=O)OC(C)(C)C. The highest BCUT2D eigenvalue weighted by atomic mass is 16.6. The number of nitrogens with one attached hydrogen (secondary N) is 3. The van der Waals surface area contributed by atoms with Gasteiger partial charge in [0.25, 0.3) is 0 Å². The van der Waals surface area contributed by atoms with Crippen LogP contribution >= 0.6 is 0 Å². The summed E-state index contributed by atoms with van der Waals surface area (Å²) in [5.41, 5.74) is 0.622. The number of rotatable bonds is 5. The van der Waals surface area contributed by atoms with Crippen molar-refractivity contribution in [1.29, 1.82) is 0 Å². The number of imidazole rings is 1. The molecular formula is C20H30N6O6. The molecule has 1 saturated heterocycles. The second-order valence-electron chi connectivity index (χ2n) is 8.78. The van der Waals surface area contributed by atoms with Crippen molar-refractivity contribution in [3.05, 3.63) is 18.6 Å². The molecule has 0 bridgehead atoms. The topological polar surface area (TPSA) is 162 Å². The van der Waals surface area contributed by atoms with E-state index in [1.54, 1.807) is 40.0 Å². The van der Waals surface area contributed by atoms with Crippen LogP contribution in [0.1, 0.15) is 27.7 Å². The van der Waals surface area contributed by atoms with Gasteiger partial charge in [-0.05, 0) is 33.8 Å². The van der Waals surface area contributed by atoms with Crippen LogP contribution in [0.15, 0.2) is 18.6 Å². The van der Waals surface area contributed by atoms with Crippen molar-refractivity contribution >= 4 is 28.9 Å². The number of pyridine rings is 1. The highest BCUT2D eigenvalue weighted by Crippen LogP contribution is 2.25. The number of carbonyl (C=O) groups is 2. The molecule has 0 aliphatic carbocycles. The molecule has 3 heterocycles. The van der Waals surface area contributed by atoms with Crippen LogP contribution in [0.3, 0.4) is 0 Å². The van der Waals surface area contributed by atoms with Gasteiger partial charge in [-0.2, -0.15) is 0 Å². The fraction of sp³-hybridized carbons (Fsp3) is 0.600. The fourth-order valence-corrected chi connectivity index (χ4v) is 3.35. The van der Waals surface area contributed by atoms with E-state index in [9.17, 15) is 19.8 Å². The van der Waals surface area contributed by atoms with E-state index in [4.69, 9.17) is 9.47 Å². The summed E-state index contributed by atoms with van der Waals surface area (Å²) >= 11 is 0. The zero-order valence-electron chi connectivity index (χ0n) is 18.7. The average molecular weight is 450 g/mol. The number of aliphatic hydroxyl groups is 2. The summed E-state index contributed by atoms with van der Waals surface area (Å²) in [5.74, 6) is -0.145. The summed E-state index contributed by atoms with van der Waals surface area (Å²) in [6.07, 6.45) is -1.88. The van der Waals surface area contributed by atoms with E-state index < -0.39 is 48.2 Å². The van der Waals surface area contributed by atoms with Gasteiger partial charge in [-0.1, -0.05) is 0 Å². The molecule has 5 atom stereocenters. The monoisotopic (exact) mass is 450 g/mol. The van der Waals surface area contributed by atoms with Crippen LogP contribution in [0.25, 0.3) is 11.0 Å². The van der Waals surface area contributed by atoms with E-state index >= 15 is 0 Å². The lowest BCUT2D eigenvalue weighted by atomic mass is 9.96. The minimum absolute atomic E-state index is 0.284. The summed E-state index contributed by atoms with van der Waals surface area (Å²) in [4.78, 5) is 37.0. The van der Waals surface area contributed by atoms with Crippen LogP contribution in [-0.4, -0.2) is 91.8 Å². The Morgan fingerprint density at radius 3 is 2.69 bits per heavy atom. The van der Waals surface area contributed by atoms with E-state index in [1.807, 2.05) is 0 Å². The van der Waals surface area contributed by atoms with Gasteiger partial charge in [0.05, 0.1) is 24.0 Å². The Balaban J connectivity index is 1.60. The highest BCUT2D eigenvalue weighted by molar-refractivity contribution is 5.85. The van der Waals surface area contributed by atoms with Crippen molar-refractivity contribution in [3.8, 4) is 0 Å². The smallest absolute Gasteiger partial charge is 0.410 e. The molecule has 1 aliphatic heterocycles. The summed E-state index contributed by atoms with van der Waals surface area (Å²) in [7, 11) is 1.43. The first kappa shape index (κ1) is 23.7. The van der Waals surface area contributed by atoms with E-state index in [1.165, 1.54) is 13.4 Å². The minimum Gasteiger partial charge on any atom is -0.444 e. The molecule has 2 aromatic heterocycles. The Bertz CT molecular complexity index is 959. The number of amides is 2. The minimum atomic E-state index is -1.36. The maximum absolute atomic E-state index is 12.4. The number of fused-ring (bicyclic) bond motifs is 1. The molecule has 12 heteroatoms. The molecule has 2 amide bonds. The van der Waals surface area contributed by atoms with Gasteiger partial charge in [0, 0.05) is 13.2 Å². The largest absolute Gasteiger partial charge is 0.444 e. The number of aromatic amines is 1. The van der Waals surface area contributed by atoms with Gasteiger partial charge in [0.15, 0.2) is 12.0 Å². The summed E-state index contributed by atoms with van der Waals surface area (Å²) in [6.45, 7) is 6.56. The number of hydrogen-bond donors (Lipinski definition) is 5. The molecule has 1 aliphatic rings. The van der Waals surface area contributed by atoms with E-state index in [0.717, 1.165) is 10.4 Å². The first-order chi connectivity index (χ1) is 15.0. The van der Waals surface area contributed by atoms with Gasteiger partial charge in [-0.3, -0.25) is 4.79 Å². The standard InChI is InChI=1S/C20H30N6O6/c1-10-13(24-12(27)8-26(5)19(30)32-20(2,3)4)15(28)16(29)18(31-10)25-17-14-11(6-7-21-17)22-9-23-14/h6-7,9-10,13,15-16,18,28-29H,8H2,1-5H3,(H,21,25)(H,22,23)(H,24,27)/t10-,13-,15+,16+,18-/m0/s1. The number of aliphatic hydroxyl groups excluding tert-OH is 2. The quantitative estimate of drug-likeness (QED) is 0.428. The van der Waals surface area contributed by atoms with Crippen LogP contribution in [-0.2, 0) is 14.3 Å². The number of ether oxygens (including phenoxy) is 2. The maximum atomic E-state index is 12.4. The lowest BCUT2D eigenvalue weighted by Gasteiger charge is -2.42. The summed E-state index contributed by atoms with van der Waals surface area (Å²) in [6, 6.07) is 0.861.